The van der Waals surface area contributed by atoms with Gasteiger partial charge in [-0.2, -0.15) is 0 Å². The van der Waals surface area contributed by atoms with Crippen molar-refractivity contribution in [2.75, 3.05) is 0 Å². The number of aliphatic carboxylic acids is 1. The Morgan fingerprint density at radius 3 is 2.29 bits per heavy atom. The maximum absolute atomic E-state index is 11.0. The van der Waals surface area contributed by atoms with Gasteiger partial charge in [-0.1, -0.05) is 44.2 Å². The smallest absolute Gasteiger partial charge is 0.307 e. The van der Waals surface area contributed by atoms with Crippen LogP contribution in [0.5, 0.6) is 0 Å². The molecule has 0 aliphatic heterocycles. The third-order valence-electron chi connectivity index (χ3n) is 3.25. The Bertz CT molecular complexity index is 354. The highest BCUT2D eigenvalue weighted by molar-refractivity contribution is 5.77. The molecule has 1 saturated carbocycles. The molecule has 0 saturated heterocycles. The first-order valence-electron chi connectivity index (χ1n) is 4.83. The van der Waals surface area contributed by atoms with Gasteiger partial charge >= 0.3 is 5.97 Å². The highest BCUT2D eigenvalue weighted by Crippen LogP contribution is 2.64. The Kier molecular flexibility index (Phi) is 1.88. The van der Waals surface area contributed by atoms with Gasteiger partial charge in [0, 0.05) is 5.92 Å². The number of carboxylic acid groups (broad SMARTS) is 1. The lowest BCUT2D eigenvalue weighted by molar-refractivity contribution is -0.139. The molecule has 2 rings (SSSR count). The average molecular weight is 190 g/mol. The van der Waals surface area contributed by atoms with Gasteiger partial charge < -0.3 is 5.11 Å². The quantitative estimate of drug-likeness (QED) is 0.778. The first-order chi connectivity index (χ1) is 6.55. The molecule has 14 heavy (non-hydrogen) atoms. The SMILES string of the molecule is CC1(C)C(c2ccccc2)[C@@H]1C(=O)O. The maximum Gasteiger partial charge on any atom is 0.307 e. The van der Waals surface area contributed by atoms with Gasteiger partial charge in [-0.3, -0.25) is 4.79 Å². The van der Waals surface area contributed by atoms with Crippen molar-refractivity contribution in [3.8, 4) is 0 Å². The standard InChI is InChI=1S/C12H14O2/c1-12(2)9(10(12)11(13)14)8-6-4-3-5-7-8/h3-7,9-10H,1-2H3,(H,13,14)/t9?,10-/m1/s1. The molecule has 2 nitrogen and oxygen atoms in total. The van der Waals surface area contributed by atoms with Crippen LogP contribution in [0.2, 0.25) is 0 Å². The number of rotatable bonds is 2. The van der Waals surface area contributed by atoms with Crippen LogP contribution in [0, 0.1) is 11.3 Å². The molecule has 0 amide bonds. The molecule has 0 aromatic heterocycles. The molecule has 1 N–H and O–H groups in total. The van der Waals surface area contributed by atoms with Crippen molar-refractivity contribution in [2.45, 2.75) is 19.8 Å². The highest BCUT2D eigenvalue weighted by atomic mass is 16.4. The van der Waals surface area contributed by atoms with E-state index in [2.05, 4.69) is 0 Å². The van der Waals surface area contributed by atoms with Crippen LogP contribution in [-0.2, 0) is 4.79 Å². The van der Waals surface area contributed by atoms with Crippen LogP contribution in [0.15, 0.2) is 30.3 Å². The monoisotopic (exact) mass is 190 g/mol. The minimum atomic E-state index is -0.677. The first-order valence-corrected chi connectivity index (χ1v) is 4.83. The largest absolute Gasteiger partial charge is 0.481 e. The number of hydrogen-bond donors (Lipinski definition) is 1. The molecule has 2 atom stereocenters. The van der Waals surface area contributed by atoms with E-state index in [1.807, 2.05) is 44.2 Å². The summed E-state index contributed by atoms with van der Waals surface area (Å²) in [5, 5.41) is 9.02. The molecule has 1 fully saturated rings. The summed E-state index contributed by atoms with van der Waals surface area (Å²) in [6.45, 7) is 4.03. The summed E-state index contributed by atoms with van der Waals surface area (Å²) < 4.78 is 0. The molecular formula is C12H14O2. The van der Waals surface area contributed by atoms with E-state index < -0.39 is 5.97 Å². The van der Waals surface area contributed by atoms with E-state index in [4.69, 9.17) is 5.11 Å². The number of carbonyl (C=O) groups is 1. The molecule has 0 radical (unpaired) electrons. The molecule has 1 aliphatic rings. The van der Waals surface area contributed by atoms with Gasteiger partial charge in [0.2, 0.25) is 0 Å². The number of hydrogen-bond acceptors (Lipinski definition) is 1. The zero-order valence-electron chi connectivity index (χ0n) is 8.40. The lowest BCUT2D eigenvalue weighted by Gasteiger charge is -2.01. The second kappa shape index (κ2) is 2.84. The van der Waals surface area contributed by atoms with E-state index in [9.17, 15) is 4.79 Å². The van der Waals surface area contributed by atoms with Gasteiger partial charge in [-0.05, 0) is 11.0 Å². The average Bonchev–Trinajstić information content (AvgIpc) is 2.71. The van der Waals surface area contributed by atoms with E-state index in [1.54, 1.807) is 0 Å². The zero-order valence-corrected chi connectivity index (χ0v) is 8.40. The van der Waals surface area contributed by atoms with E-state index >= 15 is 0 Å². The summed E-state index contributed by atoms with van der Waals surface area (Å²) in [7, 11) is 0. The molecule has 0 spiro atoms. The molecule has 1 aromatic carbocycles. The summed E-state index contributed by atoms with van der Waals surface area (Å²) in [6.07, 6.45) is 0. The van der Waals surface area contributed by atoms with Gasteiger partial charge in [-0.15, -0.1) is 0 Å². The molecule has 1 aliphatic carbocycles. The normalized spacial score (nSPS) is 28.4. The molecule has 1 unspecified atom stereocenters. The molecule has 0 heterocycles. The Morgan fingerprint density at radius 2 is 1.86 bits per heavy atom. The lowest BCUT2D eigenvalue weighted by Crippen LogP contribution is -2.03. The van der Waals surface area contributed by atoms with Gasteiger partial charge in [0.05, 0.1) is 5.92 Å². The third-order valence-corrected chi connectivity index (χ3v) is 3.25. The van der Waals surface area contributed by atoms with E-state index in [0.29, 0.717) is 0 Å². The molecule has 1 aromatic rings. The summed E-state index contributed by atoms with van der Waals surface area (Å²) in [5.41, 5.74) is 1.05. The van der Waals surface area contributed by atoms with Crippen molar-refractivity contribution in [2.24, 2.45) is 11.3 Å². The summed E-state index contributed by atoms with van der Waals surface area (Å²) in [4.78, 5) is 11.0. The van der Waals surface area contributed by atoms with Crippen LogP contribution < -0.4 is 0 Å². The molecule has 0 bridgehead atoms. The lowest BCUT2D eigenvalue weighted by atomic mass is 10.0. The predicted molar refractivity (Wildman–Crippen MR) is 54.1 cm³/mol. The summed E-state index contributed by atoms with van der Waals surface area (Å²) >= 11 is 0. The van der Waals surface area contributed by atoms with Crippen LogP contribution in [-0.4, -0.2) is 11.1 Å². The second-order valence-corrected chi connectivity index (χ2v) is 4.53. The Hall–Kier alpha value is -1.31. The fraction of sp³-hybridized carbons (Fsp3) is 0.417. The van der Waals surface area contributed by atoms with Crippen molar-refractivity contribution in [1.29, 1.82) is 0 Å². The Morgan fingerprint density at radius 1 is 1.29 bits per heavy atom. The van der Waals surface area contributed by atoms with Crippen LogP contribution in [0.1, 0.15) is 25.3 Å². The van der Waals surface area contributed by atoms with Gasteiger partial charge in [-0.25, -0.2) is 0 Å². The fourth-order valence-corrected chi connectivity index (χ4v) is 2.38. The molecular weight excluding hydrogens is 176 g/mol. The Labute approximate surface area is 83.6 Å². The highest BCUT2D eigenvalue weighted by Gasteiger charge is 2.62. The summed E-state index contributed by atoms with van der Waals surface area (Å²) in [6, 6.07) is 9.89. The maximum atomic E-state index is 11.0. The van der Waals surface area contributed by atoms with Gasteiger partial charge in [0.15, 0.2) is 0 Å². The van der Waals surface area contributed by atoms with Gasteiger partial charge in [0.25, 0.3) is 0 Å². The van der Waals surface area contributed by atoms with Gasteiger partial charge in [0.1, 0.15) is 0 Å². The molecule has 2 heteroatoms. The fourth-order valence-electron chi connectivity index (χ4n) is 2.38. The van der Waals surface area contributed by atoms with Crippen molar-refractivity contribution in [3.05, 3.63) is 35.9 Å². The first kappa shape index (κ1) is 9.25. The number of carboxylic acids is 1. The predicted octanol–water partition coefficient (Wildman–Crippen LogP) is 2.51. The van der Waals surface area contributed by atoms with Crippen LogP contribution in [0.4, 0.5) is 0 Å². The topological polar surface area (TPSA) is 37.3 Å². The zero-order chi connectivity index (χ0) is 10.3. The van der Waals surface area contributed by atoms with E-state index in [0.717, 1.165) is 5.56 Å². The van der Waals surface area contributed by atoms with Crippen molar-refractivity contribution >= 4 is 5.97 Å². The Balaban J connectivity index is 2.28. The molecule has 74 valence electrons. The van der Waals surface area contributed by atoms with Crippen molar-refractivity contribution in [3.63, 3.8) is 0 Å². The van der Waals surface area contributed by atoms with E-state index in [-0.39, 0.29) is 17.3 Å². The minimum absolute atomic E-state index is 0.0901. The van der Waals surface area contributed by atoms with Crippen LogP contribution in [0.3, 0.4) is 0 Å². The van der Waals surface area contributed by atoms with Crippen LogP contribution >= 0.6 is 0 Å². The minimum Gasteiger partial charge on any atom is -0.481 e. The summed E-state index contributed by atoms with van der Waals surface area (Å²) in [5.74, 6) is -0.713. The van der Waals surface area contributed by atoms with E-state index in [1.165, 1.54) is 0 Å². The van der Waals surface area contributed by atoms with Crippen molar-refractivity contribution < 1.29 is 9.90 Å². The van der Waals surface area contributed by atoms with Crippen LogP contribution in [0.25, 0.3) is 0 Å². The number of benzene rings is 1. The van der Waals surface area contributed by atoms with Crippen molar-refractivity contribution in [1.82, 2.24) is 0 Å². The second-order valence-electron chi connectivity index (χ2n) is 4.53. The third kappa shape index (κ3) is 1.22.